The molecule has 2 atom stereocenters. The van der Waals surface area contributed by atoms with Crippen molar-refractivity contribution in [3.05, 3.63) is 35.9 Å². The van der Waals surface area contributed by atoms with Crippen molar-refractivity contribution in [2.75, 3.05) is 26.2 Å². The van der Waals surface area contributed by atoms with E-state index < -0.39 is 17.7 Å². The number of aliphatic hydroxyl groups is 1. The number of ether oxygens (including phenoxy) is 1. The van der Waals surface area contributed by atoms with E-state index in [2.05, 4.69) is 0 Å². The lowest BCUT2D eigenvalue weighted by Crippen LogP contribution is -2.55. The molecule has 2 heterocycles. The third-order valence-corrected chi connectivity index (χ3v) is 5.35. The number of carbonyl (C=O) groups is 2. The van der Waals surface area contributed by atoms with Crippen LogP contribution in [0.3, 0.4) is 0 Å². The molecule has 26 heavy (non-hydrogen) atoms. The first-order valence-electron chi connectivity index (χ1n) is 9.14. The maximum Gasteiger partial charge on any atom is 0.410 e. The summed E-state index contributed by atoms with van der Waals surface area (Å²) in [5.41, 5.74) is 6.41. The average molecular weight is 361 g/mol. The maximum absolute atomic E-state index is 12.3. The molecule has 0 aliphatic carbocycles. The SMILES string of the molecule is C[C@@H](O)[C@H](N)C(=O)N1CCC2(CC1)CN(CCc1ccccc1)C(=O)O2. The molecule has 1 spiro atoms. The van der Waals surface area contributed by atoms with Crippen LogP contribution >= 0.6 is 0 Å². The van der Waals surface area contributed by atoms with Crippen molar-refractivity contribution in [3.8, 4) is 0 Å². The average Bonchev–Trinajstić information content (AvgIpc) is 2.95. The van der Waals surface area contributed by atoms with Crippen LogP contribution in [0.2, 0.25) is 0 Å². The Morgan fingerprint density at radius 3 is 2.58 bits per heavy atom. The number of likely N-dealkylation sites (tertiary alicyclic amines) is 1. The Morgan fingerprint density at radius 2 is 1.96 bits per heavy atom. The van der Waals surface area contributed by atoms with Gasteiger partial charge in [0.25, 0.3) is 0 Å². The molecule has 7 nitrogen and oxygen atoms in total. The Labute approximate surface area is 153 Å². The molecule has 0 aromatic heterocycles. The second-order valence-electron chi connectivity index (χ2n) is 7.30. The molecule has 142 valence electrons. The number of aliphatic hydroxyl groups excluding tert-OH is 1. The minimum absolute atomic E-state index is 0.250. The van der Waals surface area contributed by atoms with Crippen molar-refractivity contribution in [3.63, 3.8) is 0 Å². The molecule has 0 unspecified atom stereocenters. The van der Waals surface area contributed by atoms with Crippen LogP contribution in [0, 0.1) is 0 Å². The van der Waals surface area contributed by atoms with Crippen molar-refractivity contribution in [1.82, 2.24) is 9.80 Å². The molecule has 7 heteroatoms. The number of hydrogen-bond acceptors (Lipinski definition) is 5. The van der Waals surface area contributed by atoms with Gasteiger partial charge in [0.1, 0.15) is 11.6 Å². The van der Waals surface area contributed by atoms with E-state index >= 15 is 0 Å². The van der Waals surface area contributed by atoms with Crippen molar-refractivity contribution in [2.24, 2.45) is 5.73 Å². The zero-order chi connectivity index (χ0) is 18.7. The van der Waals surface area contributed by atoms with Crippen LogP contribution in [-0.4, -0.2) is 70.8 Å². The highest BCUT2D eigenvalue weighted by molar-refractivity contribution is 5.82. The van der Waals surface area contributed by atoms with E-state index in [4.69, 9.17) is 10.5 Å². The van der Waals surface area contributed by atoms with Gasteiger partial charge in [-0.1, -0.05) is 30.3 Å². The molecule has 2 saturated heterocycles. The van der Waals surface area contributed by atoms with Crippen LogP contribution in [0.4, 0.5) is 4.79 Å². The normalized spacial score (nSPS) is 21.6. The van der Waals surface area contributed by atoms with E-state index in [1.165, 1.54) is 12.5 Å². The van der Waals surface area contributed by atoms with Crippen molar-refractivity contribution < 1.29 is 19.4 Å². The topological polar surface area (TPSA) is 96.1 Å². The van der Waals surface area contributed by atoms with Gasteiger partial charge >= 0.3 is 6.09 Å². The summed E-state index contributed by atoms with van der Waals surface area (Å²) in [7, 11) is 0. The first-order chi connectivity index (χ1) is 12.4. The molecule has 2 fully saturated rings. The molecule has 0 saturated carbocycles. The van der Waals surface area contributed by atoms with Crippen LogP contribution in [0.25, 0.3) is 0 Å². The number of amides is 2. The van der Waals surface area contributed by atoms with E-state index in [1.54, 1.807) is 9.80 Å². The molecule has 2 amide bonds. The lowest BCUT2D eigenvalue weighted by molar-refractivity contribution is -0.138. The largest absolute Gasteiger partial charge is 0.441 e. The summed E-state index contributed by atoms with van der Waals surface area (Å²) in [5.74, 6) is -0.250. The number of rotatable bonds is 5. The molecule has 0 bridgehead atoms. The summed E-state index contributed by atoms with van der Waals surface area (Å²) in [6, 6.07) is 9.14. The third kappa shape index (κ3) is 3.99. The van der Waals surface area contributed by atoms with E-state index in [0.29, 0.717) is 39.0 Å². The number of hydrogen-bond donors (Lipinski definition) is 2. The lowest BCUT2D eigenvalue weighted by atomic mass is 9.90. The highest BCUT2D eigenvalue weighted by Crippen LogP contribution is 2.33. The molecule has 2 aliphatic rings. The molecule has 3 rings (SSSR count). The number of piperidine rings is 1. The van der Waals surface area contributed by atoms with E-state index in [9.17, 15) is 14.7 Å². The van der Waals surface area contributed by atoms with Crippen LogP contribution in [0.15, 0.2) is 30.3 Å². The van der Waals surface area contributed by atoms with Crippen molar-refractivity contribution >= 4 is 12.0 Å². The van der Waals surface area contributed by atoms with Crippen LogP contribution in [-0.2, 0) is 16.0 Å². The van der Waals surface area contributed by atoms with Crippen LogP contribution in [0.1, 0.15) is 25.3 Å². The molecule has 1 aromatic rings. The van der Waals surface area contributed by atoms with Gasteiger partial charge in [0.2, 0.25) is 5.91 Å². The Hall–Kier alpha value is -2.12. The first-order valence-corrected chi connectivity index (χ1v) is 9.14. The van der Waals surface area contributed by atoms with Gasteiger partial charge in [0, 0.05) is 32.5 Å². The molecular formula is C19H27N3O4. The lowest BCUT2D eigenvalue weighted by Gasteiger charge is -2.38. The summed E-state index contributed by atoms with van der Waals surface area (Å²) in [6.45, 7) is 3.67. The fraction of sp³-hybridized carbons (Fsp3) is 0.579. The summed E-state index contributed by atoms with van der Waals surface area (Å²) < 4.78 is 5.70. The molecule has 2 aliphatic heterocycles. The predicted molar refractivity (Wildman–Crippen MR) is 96.4 cm³/mol. The smallest absolute Gasteiger partial charge is 0.410 e. The van der Waals surface area contributed by atoms with Gasteiger partial charge < -0.3 is 25.4 Å². The Bertz CT molecular complexity index is 641. The molecule has 1 aromatic carbocycles. The Morgan fingerprint density at radius 1 is 1.31 bits per heavy atom. The monoisotopic (exact) mass is 361 g/mol. The number of benzene rings is 1. The minimum Gasteiger partial charge on any atom is -0.441 e. The fourth-order valence-corrected chi connectivity index (χ4v) is 3.59. The van der Waals surface area contributed by atoms with Gasteiger partial charge in [-0.15, -0.1) is 0 Å². The molecular weight excluding hydrogens is 334 g/mol. The number of carbonyl (C=O) groups excluding carboxylic acids is 2. The summed E-state index contributed by atoms with van der Waals surface area (Å²) in [6.07, 6.45) is 0.829. The summed E-state index contributed by atoms with van der Waals surface area (Å²) in [4.78, 5) is 27.9. The minimum atomic E-state index is -0.905. The Kier molecular flexibility index (Phi) is 5.48. The quantitative estimate of drug-likeness (QED) is 0.807. The van der Waals surface area contributed by atoms with Gasteiger partial charge in [-0.05, 0) is 18.9 Å². The zero-order valence-corrected chi connectivity index (χ0v) is 15.1. The maximum atomic E-state index is 12.3. The van der Waals surface area contributed by atoms with Crippen molar-refractivity contribution in [2.45, 2.75) is 43.9 Å². The van der Waals surface area contributed by atoms with Gasteiger partial charge in [-0.25, -0.2) is 4.79 Å². The standard InChI is InChI=1S/C19H27N3O4/c1-14(23)16(20)17(24)21-11-8-19(9-12-21)13-22(18(25)26-19)10-7-15-5-3-2-4-6-15/h2-6,14,16,23H,7-13,20H2,1H3/t14-,16+/m1/s1. The molecule has 0 radical (unpaired) electrons. The number of nitrogens with zero attached hydrogens (tertiary/aromatic N) is 2. The fourth-order valence-electron chi connectivity index (χ4n) is 3.59. The summed E-state index contributed by atoms with van der Waals surface area (Å²) >= 11 is 0. The van der Waals surface area contributed by atoms with Gasteiger partial charge in [-0.2, -0.15) is 0 Å². The second-order valence-corrected chi connectivity index (χ2v) is 7.30. The Balaban J connectivity index is 1.53. The second kappa shape index (κ2) is 7.63. The van der Waals surface area contributed by atoms with Crippen LogP contribution < -0.4 is 5.73 Å². The zero-order valence-electron chi connectivity index (χ0n) is 15.1. The van der Waals surface area contributed by atoms with E-state index in [-0.39, 0.29) is 12.0 Å². The number of nitrogens with two attached hydrogens (primary N) is 1. The summed E-state index contributed by atoms with van der Waals surface area (Å²) in [5, 5.41) is 9.50. The third-order valence-electron chi connectivity index (χ3n) is 5.35. The predicted octanol–water partition coefficient (Wildman–Crippen LogP) is 0.751. The van der Waals surface area contributed by atoms with Gasteiger partial charge in [-0.3, -0.25) is 4.79 Å². The highest BCUT2D eigenvalue weighted by Gasteiger charge is 2.47. The molecule has 3 N–H and O–H groups in total. The van der Waals surface area contributed by atoms with Gasteiger partial charge in [0.15, 0.2) is 0 Å². The van der Waals surface area contributed by atoms with Crippen LogP contribution in [0.5, 0.6) is 0 Å². The first kappa shape index (κ1) is 18.7. The highest BCUT2D eigenvalue weighted by atomic mass is 16.6. The van der Waals surface area contributed by atoms with E-state index in [0.717, 1.165) is 6.42 Å². The van der Waals surface area contributed by atoms with Gasteiger partial charge in [0.05, 0.1) is 12.6 Å². The van der Waals surface area contributed by atoms with Crippen molar-refractivity contribution in [1.29, 1.82) is 0 Å². The van der Waals surface area contributed by atoms with E-state index in [1.807, 2.05) is 30.3 Å².